The van der Waals surface area contributed by atoms with Gasteiger partial charge in [0.2, 0.25) is 5.91 Å². The third kappa shape index (κ3) is 2.47. The van der Waals surface area contributed by atoms with E-state index in [1.54, 1.807) is 0 Å². The average molecular weight is 221 g/mol. The molecular formula is C14H23NO. The van der Waals surface area contributed by atoms with Crippen LogP contribution in [-0.2, 0) is 4.79 Å². The molecular weight excluding hydrogens is 198 g/mol. The van der Waals surface area contributed by atoms with Gasteiger partial charge in [0.15, 0.2) is 0 Å². The van der Waals surface area contributed by atoms with E-state index in [0.29, 0.717) is 11.9 Å². The Bertz CT molecular complexity index is 264. The third-order valence-corrected chi connectivity index (χ3v) is 3.99. The summed E-state index contributed by atoms with van der Waals surface area (Å²) in [5.41, 5.74) is 0. The fourth-order valence-electron chi connectivity index (χ4n) is 2.95. The van der Waals surface area contributed by atoms with Gasteiger partial charge in [0, 0.05) is 18.5 Å². The molecule has 1 heterocycles. The SMILES string of the molecule is CCC1CCCCCN1C(=O)C1CC=CC1. The number of hydrogen-bond donors (Lipinski definition) is 0. The Balaban J connectivity index is 2.00. The Morgan fingerprint density at radius 1 is 1.25 bits per heavy atom. The molecule has 2 heteroatoms. The van der Waals surface area contributed by atoms with Gasteiger partial charge in [-0.2, -0.15) is 0 Å². The molecule has 0 aromatic carbocycles. The number of carbonyl (C=O) groups is 1. The lowest BCUT2D eigenvalue weighted by Gasteiger charge is -2.31. The summed E-state index contributed by atoms with van der Waals surface area (Å²) in [6, 6.07) is 0.510. The number of likely N-dealkylation sites (tertiary alicyclic amines) is 1. The molecule has 1 amide bonds. The summed E-state index contributed by atoms with van der Waals surface area (Å²) in [6.45, 7) is 3.21. The van der Waals surface area contributed by atoms with Crippen molar-refractivity contribution in [3.63, 3.8) is 0 Å². The van der Waals surface area contributed by atoms with Crippen LogP contribution in [0.3, 0.4) is 0 Å². The standard InChI is InChI=1S/C14H23NO/c1-2-13-10-4-3-7-11-15(13)14(16)12-8-5-6-9-12/h5-6,12-13H,2-4,7-11H2,1H3. The fourth-order valence-corrected chi connectivity index (χ4v) is 2.95. The summed E-state index contributed by atoms with van der Waals surface area (Å²) in [4.78, 5) is 14.6. The maximum Gasteiger partial charge on any atom is 0.226 e. The van der Waals surface area contributed by atoms with Crippen molar-refractivity contribution in [2.75, 3.05) is 6.54 Å². The molecule has 1 fully saturated rings. The molecule has 1 aliphatic heterocycles. The zero-order chi connectivity index (χ0) is 11.4. The monoisotopic (exact) mass is 221 g/mol. The second kappa shape index (κ2) is 5.51. The van der Waals surface area contributed by atoms with Gasteiger partial charge in [0.25, 0.3) is 0 Å². The highest BCUT2D eigenvalue weighted by molar-refractivity contribution is 5.80. The van der Waals surface area contributed by atoms with E-state index < -0.39 is 0 Å². The molecule has 0 spiro atoms. The summed E-state index contributed by atoms with van der Waals surface area (Å²) in [5.74, 6) is 0.672. The number of carbonyl (C=O) groups excluding carboxylic acids is 1. The minimum absolute atomic E-state index is 0.257. The lowest BCUT2D eigenvalue weighted by atomic mass is 10.0. The summed E-state index contributed by atoms with van der Waals surface area (Å²) in [7, 11) is 0. The first-order chi connectivity index (χ1) is 7.83. The number of allylic oxidation sites excluding steroid dienone is 2. The van der Waals surface area contributed by atoms with Crippen LogP contribution in [0.2, 0.25) is 0 Å². The third-order valence-electron chi connectivity index (χ3n) is 3.99. The molecule has 16 heavy (non-hydrogen) atoms. The quantitative estimate of drug-likeness (QED) is 0.656. The Morgan fingerprint density at radius 3 is 2.69 bits per heavy atom. The minimum atomic E-state index is 0.257. The lowest BCUT2D eigenvalue weighted by Crippen LogP contribution is -2.42. The first-order valence-corrected chi connectivity index (χ1v) is 6.78. The zero-order valence-electron chi connectivity index (χ0n) is 10.3. The molecule has 0 aromatic heterocycles. The maximum atomic E-state index is 12.4. The molecule has 1 unspecified atom stereocenters. The maximum absolute atomic E-state index is 12.4. The number of nitrogens with zero attached hydrogens (tertiary/aromatic N) is 1. The molecule has 1 saturated heterocycles. The van der Waals surface area contributed by atoms with Crippen LogP contribution >= 0.6 is 0 Å². The Morgan fingerprint density at radius 2 is 2.00 bits per heavy atom. The minimum Gasteiger partial charge on any atom is -0.339 e. The molecule has 0 saturated carbocycles. The summed E-state index contributed by atoms with van der Waals surface area (Å²) >= 11 is 0. The fraction of sp³-hybridized carbons (Fsp3) is 0.786. The van der Waals surface area contributed by atoms with Crippen molar-refractivity contribution >= 4 is 5.91 Å². The van der Waals surface area contributed by atoms with Crippen molar-refractivity contribution in [1.29, 1.82) is 0 Å². The van der Waals surface area contributed by atoms with Gasteiger partial charge in [-0.1, -0.05) is 31.9 Å². The van der Waals surface area contributed by atoms with Crippen LogP contribution in [0.1, 0.15) is 51.9 Å². The van der Waals surface area contributed by atoms with E-state index in [4.69, 9.17) is 0 Å². The van der Waals surface area contributed by atoms with E-state index in [1.807, 2.05) is 0 Å². The van der Waals surface area contributed by atoms with Gasteiger partial charge < -0.3 is 4.90 Å². The van der Waals surface area contributed by atoms with E-state index in [0.717, 1.165) is 25.8 Å². The molecule has 2 rings (SSSR count). The van der Waals surface area contributed by atoms with Crippen molar-refractivity contribution in [3.8, 4) is 0 Å². The topological polar surface area (TPSA) is 20.3 Å². The van der Waals surface area contributed by atoms with Crippen molar-refractivity contribution in [2.45, 2.75) is 57.9 Å². The van der Waals surface area contributed by atoms with Gasteiger partial charge in [-0.25, -0.2) is 0 Å². The molecule has 1 aliphatic carbocycles. The molecule has 1 atom stereocenters. The summed E-state index contributed by atoms with van der Waals surface area (Å²) in [6.07, 6.45) is 12.4. The average Bonchev–Trinajstić information content (AvgIpc) is 2.73. The van der Waals surface area contributed by atoms with E-state index in [2.05, 4.69) is 24.0 Å². The van der Waals surface area contributed by atoms with Gasteiger partial charge in [0.1, 0.15) is 0 Å². The smallest absolute Gasteiger partial charge is 0.226 e. The second-order valence-corrected chi connectivity index (χ2v) is 5.08. The molecule has 0 bridgehead atoms. The van der Waals surface area contributed by atoms with Gasteiger partial charge >= 0.3 is 0 Å². The number of rotatable bonds is 2. The Labute approximate surface area is 98.7 Å². The number of hydrogen-bond acceptors (Lipinski definition) is 1. The largest absolute Gasteiger partial charge is 0.339 e. The highest BCUT2D eigenvalue weighted by Gasteiger charge is 2.29. The Hall–Kier alpha value is -0.790. The van der Waals surface area contributed by atoms with Gasteiger partial charge in [-0.05, 0) is 32.1 Å². The van der Waals surface area contributed by atoms with Crippen LogP contribution in [-0.4, -0.2) is 23.4 Å². The first kappa shape index (κ1) is 11.7. The van der Waals surface area contributed by atoms with Crippen LogP contribution < -0.4 is 0 Å². The zero-order valence-corrected chi connectivity index (χ0v) is 10.3. The predicted molar refractivity (Wildman–Crippen MR) is 66.1 cm³/mol. The number of amides is 1. The van der Waals surface area contributed by atoms with Crippen LogP contribution in [0.25, 0.3) is 0 Å². The van der Waals surface area contributed by atoms with Crippen molar-refractivity contribution in [1.82, 2.24) is 4.90 Å². The highest BCUT2D eigenvalue weighted by Crippen LogP contribution is 2.26. The lowest BCUT2D eigenvalue weighted by molar-refractivity contribution is -0.137. The van der Waals surface area contributed by atoms with E-state index >= 15 is 0 Å². The van der Waals surface area contributed by atoms with Crippen LogP contribution in [0.15, 0.2) is 12.2 Å². The van der Waals surface area contributed by atoms with Gasteiger partial charge in [0.05, 0.1) is 0 Å². The van der Waals surface area contributed by atoms with E-state index in [1.165, 1.54) is 25.7 Å². The normalized spacial score (nSPS) is 27.1. The molecule has 0 aromatic rings. The Kier molecular flexibility index (Phi) is 4.03. The predicted octanol–water partition coefficient (Wildman–Crippen LogP) is 3.13. The molecule has 2 aliphatic rings. The van der Waals surface area contributed by atoms with Crippen LogP contribution in [0.5, 0.6) is 0 Å². The molecule has 0 N–H and O–H groups in total. The highest BCUT2D eigenvalue weighted by atomic mass is 16.2. The van der Waals surface area contributed by atoms with Crippen molar-refractivity contribution < 1.29 is 4.79 Å². The van der Waals surface area contributed by atoms with E-state index in [-0.39, 0.29) is 5.92 Å². The first-order valence-electron chi connectivity index (χ1n) is 6.78. The van der Waals surface area contributed by atoms with Gasteiger partial charge in [-0.15, -0.1) is 0 Å². The molecule has 2 nitrogen and oxygen atoms in total. The van der Waals surface area contributed by atoms with Gasteiger partial charge in [-0.3, -0.25) is 4.79 Å². The van der Waals surface area contributed by atoms with Crippen LogP contribution in [0, 0.1) is 5.92 Å². The summed E-state index contributed by atoms with van der Waals surface area (Å²) < 4.78 is 0. The van der Waals surface area contributed by atoms with Crippen molar-refractivity contribution in [2.24, 2.45) is 5.92 Å². The second-order valence-electron chi connectivity index (χ2n) is 5.08. The molecule has 0 radical (unpaired) electrons. The molecule has 90 valence electrons. The summed E-state index contributed by atoms with van der Waals surface area (Å²) in [5, 5.41) is 0. The van der Waals surface area contributed by atoms with E-state index in [9.17, 15) is 4.79 Å². The van der Waals surface area contributed by atoms with Crippen LogP contribution in [0.4, 0.5) is 0 Å². The van der Waals surface area contributed by atoms with Crippen molar-refractivity contribution in [3.05, 3.63) is 12.2 Å².